The van der Waals surface area contributed by atoms with Crippen molar-refractivity contribution in [2.24, 2.45) is 0 Å². The van der Waals surface area contributed by atoms with Gasteiger partial charge in [-0.05, 0) is 68.1 Å². The smallest absolute Gasteiger partial charge is 0.263 e. The average molecular weight is 435 g/mol. The van der Waals surface area contributed by atoms with E-state index < -0.39 is 10.0 Å². The lowest BCUT2D eigenvalue weighted by Gasteiger charge is -2.13. The first-order valence-electron chi connectivity index (χ1n) is 6.02. The van der Waals surface area contributed by atoms with E-state index in [4.69, 9.17) is 0 Å². The molecule has 0 spiro atoms. The van der Waals surface area contributed by atoms with Crippen LogP contribution in [0.1, 0.15) is 11.1 Å². The molecule has 0 saturated carbocycles. The molecule has 4 nitrogen and oxygen atoms in total. The second-order valence-corrected chi connectivity index (χ2v) is 7.77. The van der Waals surface area contributed by atoms with Crippen molar-refractivity contribution in [2.75, 3.05) is 4.72 Å². The van der Waals surface area contributed by atoms with Gasteiger partial charge in [-0.3, -0.25) is 4.72 Å². The van der Waals surface area contributed by atoms with E-state index in [9.17, 15) is 13.5 Å². The lowest BCUT2D eigenvalue weighted by atomic mass is 10.1. The fourth-order valence-corrected chi connectivity index (χ4v) is 4.50. The van der Waals surface area contributed by atoms with Crippen molar-refractivity contribution in [3.8, 4) is 0 Å². The van der Waals surface area contributed by atoms with Crippen LogP contribution in [0.3, 0.4) is 0 Å². The second kappa shape index (κ2) is 6.48. The molecule has 0 aromatic heterocycles. The quantitative estimate of drug-likeness (QED) is 0.768. The SMILES string of the molecule is Cc1cc(CO)cc(S(=O)(=O)Nc2ccccc2Br)c1Br. The van der Waals surface area contributed by atoms with Gasteiger partial charge in [0.25, 0.3) is 10.0 Å². The Hall–Kier alpha value is -0.890. The molecule has 0 saturated heterocycles. The van der Waals surface area contributed by atoms with Crippen LogP contribution in [-0.4, -0.2) is 13.5 Å². The van der Waals surface area contributed by atoms with E-state index in [0.717, 1.165) is 5.56 Å². The highest BCUT2D eigenvalue weighted by Crippen LogP contribution is 2.30. The van der Waals surface area contributed by atoms with Gasteiger partial charge in [0.2, 0.25) is 0 Å². The Bertz CT molecular complexity index is 776. The molecule has 0 atom stereocenters. The summed E-state index contributed by atoms with van der Waals surface area (Å²) in [6, 6.07) is 10.2. The summed E-state index contributed by atoms with van der Waals surface area (Å²) in [4.78, 5) is 0.0994. The van der Waals surface area contributed by atoms with E-state index in [0.29, 0.717) is 20.2 Å². The molecule has 2 N–H and O–H groups in total. The Kier molecular flexibility index (Phi) is 5.08. The van der Waals surface area contributed by atoms with Crippen LogP contribution in [0.15, 0.2) is 50.2 Å². The van der Waals surface area contributed by atoms with Crippen LogP contribution in [0.4, 0.5) is 5.69 Å². The molecular weight excluding hydrogens is 422 g/mol. The summed E-state index contributed by atoms with van der Waals surface area (Å²) in [7, 11) is -3.76. The van der Waals surface area contributed by atoms with E-state index in [1.165, 1.54) is 6.07 Å². The molecule has 0 aliphatic rings. The number of hydrogen-bond donors (Lipinski definition) is 2. The molecule has 0 fully saturated rings. The number of benzene rings is 2. The Morgan fingerprint density at radius 3 is 2.48 bits per heavy atom. The summed E-state index contributed by atoms with van der Waals surface area (Å²) in [6.45, 7) is 1.56. The van der Waals surface area contributed by atoms with Gasteiger partial charge < -0.3 is 5.11 Å². The fourth-order valence-electron chi connectivity index (χ4n) is 1.84. The minimum atomic E-state index is -3.76. The maximum Gasteiger partial charge on any atom is 0.263 e. The predicted molar refractivity (Wildman–Crippen MR) is 89.8 cm³/mol. The first kappa shape index (κ1) is 16.5. The number of rotatable bonds is 4. The van der Waals surface area contributed by atoms with Gasteiger partial charge in [0.15, 0.2) is 0 Å². The molecule has 0 radical (unpaired) electrons. The first-order valence-corrected chi connectivity index (χ1v) is 9.09. The predicted octanol–water partition coefficient (Wildman–Crippen LogP) is 3.81. The van der Waals surface area contributed by atoms with Crippen molar-refractivity contribution in [3.05, 3.63) is 56.5 Å². The second-order valence-electron chi connectivity index (χ2n) is 4.47. The van der Waals surface area contributed by atoms with Gasteiger partial charge in [-0.25, -0.2) is 8.42 Å². The van der Waals surface area contributed by atoms with Crippen molar-refractivity contribution < 1.29 is 13.5 Å². The zero-order valence-electron chi connectivity index (χ0n) is 11.1. The summed E-state index contributed by atoms with van der Waals surface area (Å²) >= 11 is 6.60. The van der Waals surface area contributed by atoms with Crippen LogP contribution in [0, 0.1) is 6.92 Å². The van der Waals surface area contributed by atoms with E-state index in [-0.39, 0.29) is 11.5 Å². The standard InChI is InChI=1S/C14H13Br2NO3S/c1-9-6-10(8-18)7-13(14(9)16)21(19,20)17-12-5-3-2-4-11(12)15/h2-7,17-18H,8H2,1H3. The van der Waals surface area contributed by atoms with Gasteiger partial charge >= 0.3 is 0 Å². The van der Waals surface area contributed by atoms with Crippen molar-refractivity contribution in [3.63, 3.8) is 0 Å². The largest absolute Gasteiger partial charge is 0.392 e. The molecule has 0 bridgehead atoms. The monoisotopic (exact) mass is 433 g/mol. The van der Waals surface area contributed by atoms with E-state index in [2.05, 4.69) is 36.6 Å². The summed E-state index contributed by atoms with van der Waals surface area (Å²) in [5.41, 5.74) is 1.74. The van der Waals surface area contributed by atoms with Crippen LogP contribution >= 0.6 is 31.9 Å². The Morgan fingerprint density at radius 1 is 1.19 bits per heavy atom. The van der Waals surface area contributed by atoms with Gasteiger partial charge in [-0.15, -0.1) is 0 Å². The molecule has 2 rings (SSSR count). The number of nitrogens with one attached hydrogen (secondary N) is 1. The number of aryl methyl sites for hydroxylation is 1. The van der Waals surface area contributed by atoms with Crippen LogP contribution in [-0.2, 0) is 16.6 Å². The molecule has 2 aromatic carbocycles. The molecule has 2 aromatic rings. The number of anilines is 1. The number of aliphatic hydroxyl groups is 1. The molecule has 0 heterocycles. The third-order valence-corrected chi connectivity index (χ3v) is 6.27. The van der Waals surface area contributed by atoms with E-state index in [1.807, 2.05) is 0 Å². The Morgan fingerprint density at radius 2 is 1.86 bits per heavy atom. The molecule has 21 heavy (non-hydrogen) atoms. The molecule has 7 heteroatoms. The van der Waals surface area contributed by atoms with Crippen LogP contribution in [0.5, 0.6) is 0 Å². The van der Waals surface area contributed by atoms with Crippen LogP contribution in [0.25, 0.3) is 0 Å². The van der Waals surface area contributed by atoms with Gasteiger partial charge in [-0.1, -0.05) is 18.2 Å². The first-order chi connectivity index (χ1) is 9.85. The summed E-state index contributed by atoms with van der Waals surface area (Å²) < 4.78 is 28.8. The molecule has 112 valence electrons. The number of sulfonamides is 1. The highest BCUT2D eigenvalue weighted by Gasteiger charge is 2.20. The summed E-state index contributed by atoms with van der Waals surface area (Å²) in [5, 5.41) is 9.24. The van der Waals surface area contributed by atoms with Gasteiger partial charge in [0, 0.05) is 8.95 Å². The normalized spacial score (nSPS) is 11.4. The molecule has 0 aliphatic heterocycles. The van der Waals surface area contributed by atoms with Crippen molar-refractivity contribution in [1.29, 1.82) is 0 Å². The maximum atomic E-state index is 12.6. The highest BCUT2D eigenvalue weighted by atomic mass is 79.9. The molecular formula is C14H13Br2NO3S. The zero-order chi connectivity index (χ0) is 15.6. The van der Waals surface area contributed by atoms with E-state index >= 15 is 0 Å². The Balaban J connectivity index is 2.50. The number of halogens is 2. The fraction of sp³-hybridized carbons (Fsp3) is 0.143. The lowest BCUT2D eigenvalue weighted by molar-refractivity contribution is 0.281. The van der Waals surface area contributed by atoms with Gasteiger partial charge in [-0.2, -0.15) is 0 Å². The van der Waals surface area contributed by atoms with Gasteiger partial charge in [0.05, 0.1) is 12.3 Å². The molecule has 0 amide bonds. The zero-order valence-corrected chi connectivity index (χ0v) is 15.1. The maximum absolute atomic E-state index is 12.6. The Labute approximate surface area is 140 Å². The molecule has 0 unspecified atom stereocenters. The number of aliphatic hydroxyl groups excluding tert-OH is 1. The summed E-state index contributed by atoms with van der Waals surface area (Å²) in [5.74, 6) is 0. The highest BCUT2D eigenvalue weighted by molar-refractivity contribution is 9.11. The lowest BCUT2D eigenvalue weighted by Crippen LogP contribution is -2.14. The third kappa shape index (κ3) is 3.66. The van der Waals surface area contributed by atoms with Crippen molar-refractivity contribution in [2.45, 2.75) is 18.4 Å². The number of para-hydroxylation sites is 1. The average Bonchev–Trinajstić information content (AvgIpc) is 2.43. The number of hydrogen-bond acceptors (Lipinski definition) is 3. The van der Waals surface area contributed by atoms with Crippen LogP contribution in [0.2, 0.25) is 0 Å². The van der Waals surface area contributed by atoms with E-state index in [1.54, 1.807) is 37.3 Å². The minimum Gasteiger partial charge on any atom is -0.392 e. The minimum absolute atomic E-state index is 0.0994. The topological polar surface area (TPSA) is 66.4 Å². The van der Waals surface area contributed by atoms with Gasteiger partial charge in [0.1, 0.15) is 4.90 Å². The molecule has 0 aliphatic carbocycles. The van der Waals surface area contributed by atoms with Crippen LogP contribution < -0.4 is 4.72 Å². The summed E-state index contributed by atoms with van der Waals surface area (Å²) in [6.07, 6.45) is 0. The third-order valence-electron chi connectivity index (χ3n) is 2.87. The van der Waals surface area contributed by atoms with Crippen molar-refractivity contribution in [1.82, 2.24) is 0 Å². The van der Waals surface area contributed by atoms with Crippen molar-refractivity contribution >= 4 is 47.6 Å².